The highest BCUT2D eigenvalue weighted by Gasteiger charge is 2.22. The van der Waals surface area contributed by atoms with Gasteiger partial charge in [-0.15, -0.1) is 0 Å². The number of ether oxygens (including phenoxy) is 1. The van der Waals surface area contributed by atoms with E-state index in [0.29, 0.717) is 0 Å². The highest BCUT2D eigenvalue weighted by atomic mass is 79.9. The van der Waals surface area contributed by atoms with Crippen LogP contribution in [0.25, 0.3) is 0 Å². The van der Waals surface area contributed by atoms with Crippen LogP contribution in [0.4, 0.5) is 0 Å². The first-order valence-corrected chi connectivity index (χ1v) is 10.8. The second-order valence-corrected chi connectivity index (χ2v) is 8.68. The maximum absolute atomic E-state index is 5.87. The largest absolute Gasteiger partial charge is 0.497 e. The van der Waals surface area contributed by atoms with Crippen LogP contribution >= 0.6 is 15.9 Å². The first-order valence-electron chi connectivity index (χ1n) is 9.96. The van der Waals surface area contributed by atoms with Crippen molar-refractivity contribution < 1.29 is 4.74 Å². The standard InChI is InChI=1S/C23H31BrN2O/c1-27-23-12-8-21(9-13-23)17-26(16-20-6-10-22(24)11-7-20)15-19-4-2-18(14-25)3-5-19/h6-13,18-19H,2-5,14-17,25H2,1H3. The van der Waals surface area contributed by atoms with Gasteiger partial charge in [0.05, 0.1) is 7.11 Å². The van der Waals surface area contributed by atoms with Crippen LogP contribution in [-0.2, 0) is 13.1 Å². The van der Waals surface area contributed by atoms with Gasteiger partial charge in [0.15, 0.2) is 0 Å². The fraction of sp³-hybridized carbons (Fsp3) is 0.478. The zero-order valence-corrected chi connectivity index (χ0v) is 17.8. The van der Waals surface area contributed by atoms with Gasteiger partial charge in [-0.3, -0.25) is 4.90 Å². The Hall–Kier alpha value is -1.36. The Labute approximate surface area is 172 Å². The molecule has 0 unspecified atom stereocenters. The smallest absolute Gasteiger partial charge is 0.118 e. The van der Waals surface area contributed by atoms with Gasteiger partial charge in [-0.25, -0.2) is 0 Å². The number of rotatable bonds is 8. The number of halogens is 1. The second kappa shape index (κ2) is 10.3. The Morgan fingerprint density at radius 1 is 0.889 bits per heavy atom. The lowest BCUT2D eigenvalue weighted by atomic mass is 9.82. The zero-order valence-electron chi connectivity index (χ0n) is 16.2. The molecule has 2 aromatic carbocycles. The number of nitrogens with two attached hydrogens (primary N) is 1. The van der Waals surface area contributed by atoms with E-state index in [-0.39, 0.29) is 0 Å². The molecule has 0 aromatic heterocycles. The summed E-state index contributed by atoms with van der Waals surface area (Å²) in [6.07, 6.45) is 5.19. The number of hydrogen-bond donors (Lipinski definition) is 1. The van der Waals surface area contributed by atoms with Crippen LogP contribution in [0.1, 0.15) is 36.8 Å². The van der Waals surface area contributed by atoms with E-state index in [1.54, 1.807) is 7.11 Å². The Morgan fingerprint density at radius 2 is 1.41 bits per heavy atom. The van der Waals surface area contributed by atoms with E-state index in [4.69, 9.17) is 10.5 Å². The third-order valence-electron chi connectivity index (χ3n) is 5.70. The van der Waals surface area contributed by atoms with Crippen molar-refractivity contribution in [3.8, 4) is 5.75 Å². The molecule has 0 spiro atoms. The topological polar surface area (TPSA) is 38.5 Å². The van der Waals surface area contributed by atoms with Crippen LogP contribution in [-0.4, -0.2) is 25.1 Å². The molecular weight excluding hydrogens is 400 g/mol. The van der Waals surface area contributed by atoms with Crippen LogP contribution < -0.4 is 10.5 Å². The summed E-state index contributed by atoms with van der Waals surface area (Å²) in [7, 11) is 1.71. The van der Waals surface area contributed by atoms with Crippen LogP contribution in [0, 0.1) is 11.8 Å². The molecule has 1 aliphatic carbocycles. The van der Waals surface area contributed by atoms with Gasteiger partial charge in [-0.05, 0) is 79.5 Å². The van der Waals surface area contributed by atoms with Gasteiger partial charge >= 0.3 is 0 Å². The predicted octanol–water partition coefficient (Wildman–Crippen LogP) is 5.23. The molecule has 146 valence electrons. The molecule has 0 amide bonds. The third-order valence-corrected chi connectivity index (χ3v) is 6.23. The lowest BCUT2D eigenvalue weighted by Gasteiger charge is -2.32. The molecule has 3 rings (SSSR count). The molecule has 2 aromatic rings. The van der Waals surface area contributed by atoms with Crippen molar-refractivity contribution in [2.45, 2.75) is 38.8 Å². The number of benzene rings is 2. The fourth-order valence-electron chi connectivity index (χ4n) is 4.04. The van der Waals surface area contributed by atoms with Crippen molar-refractivity contribution in [1.82, 2.24) is 4.90 Å². The predicted molar refractivity (Wildman–Crippen MR) is 116 cm³/mol. The van der Waals surface area contributed by atoms with Crippen molar-refractivity contribution in [2.75, 3.05) is 20.2 Å². The molecule has 0 aliphatic heterocycles. The monoisotopic (exact) mass is 430 g/mol. The number of nitrogens with zero attached hydrogens (tertiary/aromatic N) is 1. The quantitative estimate of drug-likeness (QED) is 0.623. The summed E-state index contributed by atoms with van der Waals surface area (Å²) in [5.74, 6) is 2.43. The zero-order chi connectivity index (χ0) is 19.1. The fourth-order valence-corrected chi connectivity index (χ4v) is 4.30. The molecule has 27 heavy (non-hydrogen) atoms. The summed E-state index contributed by atoms with van der Waals surface area (Å²) >= 11 is 3.54. The summed E-state index contributed by atoms with van der Waals surface area (Å²) < 4.78 is 6.43. The normalized spacial score (nSPS) is 20.0. The van der Waals surface area contributed by atoms with Gasteiger partial charge in [0.1, 0.15) is 5.75 Å². The minimum absolute atomic E-state index is 0.739. The van der Waals surface area contributed by atoms with Crippen LogP contribution in [0.15, 0.2) is 53.0 Å². The van der Waals surface area contributed by atoms with E-state index in [1.165, 1.54) is 36.8 Å². The Bertz CT molecular complexity index is 679. The maximum atomic E-state index is 5.87. The third kappa shape index (κ3) is 6.34. The highest BCUT2D eigenvalue weighted by Crippen LogP contribution is 2.29. The molecule has 2 N–H and O–H groups in total. The van der Waals surface area contributed by atoms with Crippen molar-refractivity contribution in [2.24, 2.45) is 17.6 Å². The van der Waals surface area contributed by atoms with Gasteiger partial charge in [0.2, 0.25) is 0 Å². The lowest BCUT2D eigenvalue weighted by molar-refractivity contribution is 0.170. The highest BCUT2D eigenvalue weighted by molar-refractivity contribution is 9.10. The van der Waals surface area contributed by atoms with Crippen LogP contribution in [0.5, 0.6) is 5.75 Å². The van der Waals surface area contributed by atoms with E-state index < -0.39 is 0 Å². The van der Waals surface area contributed by atoms with Crippen molar-refractivity contribution >= 4 is 15.9 Å². The molecule has 0 saturated heterocycles. The number of methoxy groups -OCH3 is 1. The summed E-state index contributed by atoms with van der Waals surface area (Å²) in [5, 5.41) is 0. The molecule has 4 heteroatoms. The van der Waals surface area contributed by atoms with Gasteiger partial charge in [0, 0.05) is 24.1 Å². The molecule has 1 aliphatic rings. The van der Waals surface area contributed by atoms with Crippen molar-refractivity contribution in [3.05, 3.63) is 64.1 Å². The van der Waals surface area contributed by atoms with Crippen LogP contribution in [0.2, 0.25) is 0 Å². The average molecular weight is 431 g/mol. The van der Waals surface area contributed by atoms with E-state index in [2.05, 4.69) is 69.4 Å². The molecule has 1 saturated carbocycles. The Kier molecular flexibility index (Phi) is 7.74. The Morgan fingerprint density at radius 3 is 1.93 bits per heavy atom. The van der Waals surface area contributed by atoms with Gasteiger partial charge in [0.25, 0.3) is 0 Å². The molecule has 3 nitrogen and oxygen atoms in total. The minimum atomic E-state index is 0.739. The lowest BCUT2D eigenvalue weighted by Crippen LogP contribution is -2.32. The molecule has 0 heterocycles. The summed E-state index contributed by atoms with van der Waals surface area (Å²) in [4.78, 5) is 2.60. The maximum Gasteiger partial charge on any atom is 0.118 e. The summed E-state index contributed by atoms with van der Waals surface area (Å²) in [6.45, 7) is 3.95. The Balaban J connectivity index is 1.66. The van der Waals surface area contributed by atoms with Gasteiger partial charge in [-0.2, -0.15) is 0 Å². The van der Waals surface area contributed by atoms with E-state index in [1.807, 2.05) is 0 Å². The minimum Gasteiger partial charge on any atom is -0.497 e. The molecule has 0 bridgehead atoms. The van der Waals surface area contributed by atoms with Gasteiger partial charge in [-0.1, -0.05) is 40.2 Å². The van der Waals surface area contributed by atoms with E-state index in [9.17, 15) is 0 Å². The summed E-state index contributed by atoms with van der Waals surface area (Å²) in [5.41, 5.74) is 8.57. The molecular formula is C23H31BrN2O. The first kappa shape index (κ1) is 20.4. The van der Waals surface area contributed by atoms with Gasteiger partial charge < -0.3 is 10.5 Å². The first-order chi connectivity index (χ1) is 13.2. The van der Waals surface area contributed by atoms with Crippen LogP contribution in [0.3, 0.4) is 0 Å². The van der Waals surface area contributed by atoms with Crippen molar-refractivity contribution in [1.29, 1.82) is 0 Å². The SMILES string of the molecule is COc1ccc(CN(Cc2ccc(Br)cc2)CC2CCC(CN)CC2)cc1. The molecule has 1 fully saturated rings. The van der Waals surface area contributed by atoms with E-state index in [0.717, 1.165) is 48.2 Å². The molecule has 0 radical (unpaired) electrons. The second-order valence-electron chi connectivity index (χ2n) is 7.77. The number of hydrogen-bond acceptors (Lipinski definition) is 3. The molecule has 0 atom stereocenters. The van der Waals surface area contributed by atoms with E-state index >= 15 is 0 Å². The van der Waals surface area contributed by atoms with Crippen molar-refractivity contribution in [3.63, 3.8) is 0 Å². The average Bonchev–Trinajstić information content (AvgIpc) is 2.71. The summed E-state index contributed by atoms with van der Waals surface area (Å²) in [6, 6.07) is 17.2.